The quantitative estimate of drug-likeness (QED) is 0.500. The lowest BCUT2D eigenvalue weighted by Gasteiger charge is -2.26. The van der Waals surface area contributed by atoms with E-state index >= 15 is 0 Å². The van der Waals surface area contributed by atoms with Gasteiger partial charge in [0, 0.05) is 19.6 Å². The lowest BCUT2D eigenvalue weighted by molar-refractivity contribution is -0.116. The fourth-order valence-electron chi connectivity index (χ4n) is 1.41. The summed E-state index contributed by atoms with van der Waals surface area (Å²) in [5, 5.41) is 2.76. The Labute approximate surface area is 84.9 Å². The molecule has 1 amide bonds. The van der Waals surface area contributed by atoms with Crippen molar-refractivity contribution in [2.45, 2.75) is 6.42 Å². The molecule has 1 fully saturated rings. The summed E-state index contributed by atoms with van der Waals surface area (Å²) in [4.78, 5) is 13.2. The van der Waals surface area contributed by atoms with Gasteiger partial charge >= 0.3 is 0 Å². The standard InChI is InChI=1S/C10H18N2O2/c1-2-10(13)11-4-3-5-12-6-8-14-9-7-12/h2H,1,3-9H2,(H,11,13). The number of carbonyl (C=O) groups excluding carboxylic acids is 1. The van der Waals surface area contributed by atoms with Crippen LogP contribution in [0.15, 0.2) is 12.7 Å². The third-order valence-electron chi connectivity index (χ3n) is 2.24. The van der Waals surface area contributed by atoms with Crippen molar-refractivity contribution >= 4 is 5.91 Å². The van der Waals surface area contributed by atoms with Crippen LogP contribution in [-0.2, 0) is 9.53 Å². The molecule has 0 aromatic heterocycles. The molecule has 0 radical (unpaired) electrons. The maximum Gasteiger partial charge on any atom is 0.243 e. The van der Waals surface area contributed by atoms with Crippen LogP contribution < -0.4 is 5.32 Å². The van der Waals surface area contributed by atoms with E-state index in [0.717, 1.165) is 45.8 Å². The Morgan fingerprint density at radius 2 is 2.21 bits per heavy atom. The molecule has 1 aliphatic heterocycles. The van der Waals surface area contributed by atoms with E-state index in [2.05, 4.69) is 16.8 Å². The van der Waals surface area contributed by atoms with Gasteiger partial charge in [0.15, 0.2) is 0 Å². The van der Waals surface area contributed by atoms with Crippen molar-refractivity contribution in [2.75, 3.05) is 39.4 Å². The number of ether oxygens (including phenoxy) is 1. The van der Waals surface area contributed by atoms with Gasteiger partial charge in [0.1, 0.15) is 0 Å². The number of rotatable bonds is 5. The zero-order valence-electron chi connectivity index (χ0n) is 8.50. The first-order valence-electron chi connectivity index (χ1n) is 5.03. The third kappa shape index (κ3) is 4.39. The molecule has 1 saturated heterocycles. The van der Waals surface area contributed by atoms with E-state index in [-0.39, 0.29) is 5.91 Å². The minimum absolute atomic E-state index is 0.0908. The van der Waals surface area contributed by atoms with Gasteiger partial charge < -0.3 is 10.1 Å². The Morgan fingerprint density at radius 1 is 1.50 bits per heavy atom. The third-order valence-corrected chi connectivity index (χ3v) is 2.24. The zero-order chi connectivity index (χ0) is 10.2. The lowest BCUT2D eigenvalue weighted by atomic mass is 10.3. The highest BCUT2D eigenvalue weighted by atomic mass is 16.5. The molecular formula is C10H18N2O2. The molecule has 0 aliphatic carbocycles. The highest BCUT2D eigenvalue weighted by Crippen LogP contribution is 1.97. The number of nitrogens with zero attached hydrogens (tertiary/aromatic N) is 1. The monoisotopic (exact) mass is 198 g/mol. The molecule has 1 N–H and O–H groups in total. The fourth-order valence-corrected chi connectivity index (χ4v) is 1.41. The summed E-state index contributed by atoms with van der Waals surface area (Å²) in [5.74, 6) is -0.0908. The van der Waals surface area contributed by atoms with Crippen molar-refractivity contribution in [1.29, 1.82) is 0 Å². The van der Waals surface area contributed by atoms with Crippen LogP contribution >= 0.6 is 0 Å². The molecule has 0 atom stereocenters. The maximum absolute atomic E-state index is 10.8. The predicted molar refractivity (Wildman–Crippen MR) is 55.1 cm³/mol. The van der Waals surface area contributed by atoms with Crippen LogP contribution in [0, 0.1) is 0 Å². The molecule has 1 aliphatic rings. The van der Waals surface area contributed by atoms with E-state index in [4.69, 9.17) is 4.74 Å². The Kier molecular flexibility index (Phi) is 5.25. The molecule has 0 aromatic rings. The Hall–Kier alpha value is -0.870. The van der Waals surface area contributed by atoms with Crippen molar-refractivity contribution in [3.8, 4) is 0 Å². The highest BCUT2D eigenvalue weighted by Gasteiger charge is 2.08. The van der Waals surface area contributed by atoms with Gasteiger partial charge in [-0.05, 0) is 19.0 Å². The maximum atomic E-state index is 10.8. The summed E-state index contributed by atoms with van der Waals surface area (Å²) in [6.07, 6.45) is 2.29. The second-order valence-corrected chi connectivity index (χ2v) is 3.30. The first-order chi connectivity index (χ1) is 6.83. The smallest absolute Gasteiger partial charge is 0.243 e. The van der Waals surface area contributed by atoms with Gasteiger partial charge in [-0.25, -0.2) is 0 Å². The molecule has 0 aromatic carbocycles. The summed E-state index contributed by atoms with van der Waals surface area (Å²) in [7, 11) is 0. The van der Waals surface area contributed by atoms with Crippen LogP contribution in [0.1, 0.15) is 6.42 Å². The van der Waals surface area contributed by atoms with Crippen LogP contribution in [0.4, 0.5) is 0 Å². The molecule has 0 saturated carbocycles. The van der Waals surface area contributed by atoms with Gasteiger partial charge in [-0.15, -0.1) is 0 Å². The molecule has 1 rings (SSSR count). The van der Waals surface area contributed by atoms with Crippen molar-refractivity contribution in [2.24, 2.45) is 0 Å². The Bertz CT molecular complexity index is 189. The van der Waals surface area contributed by atoms with Gasteiger partial charge in [-0.1, -0.05) is 6.58 Å². The molecule has 80 valence electrons. The van der Waals surface area contributed by atoms with Gasteiger partial charge in [-0.2, -0.15) is 0 Å². The second kappa shape index (κ2) is 6.56. The van der Waals surface area contributed by atoms with E-state index in [1.807, 2.05) is 0 Å². The molecule has 4 nitrogen and oxygen atoms in total. The van der Waals surface area contributed by atoms with Crippen molar-refractivity contribution < 1.29 is 9.53 Å². The SMILES string of the molecule is C=CC(=O)NCCCN1CCOCC1. The van der Waals surface area contributed by atoms with E-state index in [1.54, 1.807) is 0 Å². The topological polar surface area (TPSA) is 41.6 Å². The molecule has 1 heterocycles. The Morgan fingerprint density at radius 3 is 2.86 bits per heavy atom. The summed E-state index contributed by atoms with van der Waals surface area (Å²) in [5.41, 5.74) is 0. The number of amides is 1. The summed E-state index contributed by atoms with van der Waals surface area (Å²) < 4.78 is 5.24. The van der Waals surface area contributed by atoms with Crippen LogP contribution in [-0.4, -0.2) is 50.2 Å². The summed E-state index contributed by atoms with van der Waals surface area (Å²) >= 11 is 0. The van der Waals surface area contributed by atoms with E-state index in [9.17, 15) is 4.79 Å². The molecule has 0 unspecified atom stereocenters. The van der Waals surface area contributed by atoms with Gasteiger partial charge in [0.25, 0.3) is 0 Å². The molecule has 0 bridgehead atoms. The number of carbonyl (C=O) groups is 1. The number of morpholine rings is 1. The van der Waals surface area contributed by atoms with Crippen molar-refractivity contribution in [3.63, 3.8) is 0 Å². The number of hydrogen-bond donors (Lipinski definition) is 1. The minimum atomic E-state index is -0.0908. The minimum Gasteiger partial charge on any atom is -0.379 e. The van der Waals surface area contributed by atoms with E-state index < -0.39 is 0 Å². The molecule has 4 heteroatoms. The molecule has 0 spiro atoms. The van der Waals surface area contributed by atoms with Gasteiger partial charge in [0.2, 0.25) is 5.91 Å². The Balaban J connectivity index is 1.97. The van der Waals surface area contributed by atoms with E-state index in [1.165, 1.54) is 6.08 Å². The second-order valence-electron chi connectivity index (χ2n) is 3.30. The summed E-state index contributed by atoms with van der Waals surface area (Å²) in [6.45, 7) is 8.83. The van der Waals surface area contributed by atoms with Crippen LogP contribution in [0.2, 0.25) is 0 Å². The van der Waals surface area contributed by atoms with Gasteiger partial charge in [0.05, 0.1) is 13.2 Å². The number of hydrogen-bond acceptors (Lipinski definition) is 3. The normalized spacial score (nSPS) is 17.7. The van der Waals surface area contributed by atoms with Crippen molar-refractivity contribution in [1.82, 2.24) is 10.2 Å². The predicted octanol–water partition coefficient (Wildman–Crippen LogP) is 0.0109. The average molecular weight is 198 g/mol. The zero-order valence-corrected chi connectivity index (χ0v) is 8.50. The number of nitrogens with one attached hydrogen (secondary N) is 1. The summed E-state index contributed by atoms with van der Waals surface area (Å²) in [6, 6.07) is 0. The average Bonchev–Trinajstić information content (AvgIpc) is 2.25. The largest absolute Gasteiger partial charge is 0.379 e. The van der Waals surface area contributed by atoms with Crippen molar-refractivity contribution in [3.05, 3.63) is 12.7 Å². The first-order valence-corrected chi connectivity index (χ1v) is 5.03. The fraction of sp³-hybridized carbons (Fsp3) is 0.700. The van der Waals surface area contributed by atoms with Crippen LogP contribution in [0.25, 0.3) is 0 Å². The first kappa shape index (κ1) is 11.2. The lowest BCUT2D eigenvalue weighted by Crippen LogP contribution is -2.38. The van der Waals surface area contributed by atoms with Gasteiger partial charge in [-0.3, -0.25) is 9.69 Å². The van der Waals surface area contributed by atoms with E-state index in [0.29, 0.717) is 0 Å². The molecule has 14 heavy (non-hydrogen) atoms. The van der Waals surface area contributed by atoms with Crippen LogP contribution in [0.3, 0.4) is 0 Å². The highest BCUT2D eigenvalue weighted by molar-refractivity contribution is 5.86. The van der Waals surface area contributed by atoms with Crippen LogP contribution in [0.5, 0.6) is 0 Å². The molecular weight excluding hydrogens is 180 g/mol.